The molecule has 7 nitrogen and oxygen atoms in total. The van der Waals surface area contributed by atoms with Gasteiger partial charge >= 0.3 is 5.97 Å². The van der Waals surface area contributed by atoms with Crippen molar-refractivity contribution in [3.05, 3.63) is 80.4 Å². The zero-order valence-corrected chi connectivity index (χ0v) is 15.2. The fourth-order valence-corrected chi connectivity index (χ4v) is 2.72. The molecular weight excluding hydrogens is 389 g/mol. The van der Waals surface area contributed by atoms with E-state index in [1.807, 2.05) is 0 Å². The number of azide groups is 1. The van der Waals surface area contributed by atoms with Crippen molar-refractivity contribution in [3.63, 3.8) is 0 Å². The van der Waals surface area contributed by atoms with Crippen LogP contribution in [-0.2, 0) is 6.54 Å². The third kappa shape index (κ3) is 4.17. The Morgan fingerprint density at radius 3 is 1.89 bits per heavy atom. The van der Waals surface area contributed by atoms with E-state index >= 15 is 0 Å². The monoisotopic (exact) mass is 399 g/mol. The molecule has 0 bridgehead atoms. The second-order valence-corrected chi connectivity index (χ2v) is 6.30. The van der Waals surface area contributed by atoms with Gasteiger partial charge in [0.05, 0.1) is 23.6 Å². The van der Waals surface area contributed by atoms with E-state index in [0.29, 0.717) is 32.6 Å². The van der Waals surface area contributed by atoms with Crippen LogP contribution in [0.4, 0.5) is 0 Å². The minimum Gasteiger partial charge on any atom is -0.476 e. The third-order valence-corrected chi connectivity index (χ3v) is 4.19. The first kappa shape index (κ1) is 18.7. The lowest BCUT2D eigenvalue weighted by molar-refractivity contribution is 0.0688. The Balaban J connectivity index is 2.29. The van der Waals surface area contributed by atoms with Crippen molar-refractivity contribution >= 4 is 29.2 Å². The predicted molar refractivity (Wildman–Crippen MR) is 103 cm³/mol. The van der Waals surface area contributed by atoms with E-state index in [1.165, 1.54) is 0 Å². The summed E-state index contributed by atoms with van der Waals surface area (Å²) in [5.41, 5.74) is 10.5. The summed E-state index contributed by atoms with van der Waals surface area (Å²) in [7, 11) is 0. The summed E-state index contributed by atoms with van der Waals surface area (Å²) in [6, 6.07) is 13.7. The number of aromatic nitrogens is 2. The molecule has 0 amide bonds. The van der Waals surface area contributed by atoms with Gasteiger partial charge < -0.3 is 5.11 Å². The van der Waals surface area contributed by atoms with Gasteiger partial charge in [0.25, 0.3) is 0 Å². The molecule has 0 spiro atoms. The van der Waals surface area contributed by atoms with Gasteiger partial charge in [0.15, 0.2) is 5.69 Å². The van der Waals surface area contributed by atoms with Crippen LogP contribution in [0.25, 0.3) is 33.0 Å². The Morgan fingerprint density at radius 1 is 0.963 bits per heavy atom. The second-order valence-electron chi connectivity index (χ2n) is 5.42. The van der Waals surface area contributed by atoms with E-state index < -0.39 is 5.97 Å². The van der Waals surface area contributed by atoms with Crippen molar-refractivity contribution in [2.24, 2.45) is 5.11 Å². The molecule has 9 heteroatoms. The molecule has 0 aliphatic rings. The molecule has 2 aromatic carbocycles. The molecule has 0 atom stereocenters. The van der Waals surface area contributed by atoms with Gasteiger partial charge in [-0.05, 0) is 29.8 Å². The highest BCUT2D eigenvalue weighted by atomic mass is 35.5. The van der Waals surface area contributed by atoms with Crippen LogP contribution < -0.4 is 0 Å². The quantitative estimate of drug-likeness (QED) is 0.340. The molecule has 0 aliphatic carbocycles. The molecule has 1 N–H and O–H groups in total. The largest absolute Gasteiger partial charge is 0.476 e. The van der Waals surface area contributed by atoms with Gasteiger partial charge in [-0.25, -0.2) is 14.8 Å². The number of carbonyl (C=O) groups is 1. The molecule has 3 rings (SSSR count). The molecule has 0 unspecified atom stereocenters. The Kier molecular flexibility index (Phi) is 5.57. The molecule has 3 aromatic rings. The minimum atomic E-state index is -1.26. The fourth-order valence-electron chi connectivity index (χ4n) is 2.47. The number of rotatable bonds is 5. The van der Waals surface area contributed by atoms with Crippen LogP contribution in [0.5, 0.6) is 0 Å². The van der Waals surface area contributed by atoms with Gasteiger partial charge in [0.1, 0.15) is 0 Å². The fraction of sp³-hybridized carbons (Fsp3) is 0.0556. The summed E-state index contributed by atoms with van der Waals surface area (Å²) in [5.74, 6) is -1.26. The Hall–Kier alpha value is -3.12. The van der Waals surface area contributed by atoms with Crippen LogP contribution in [0.2, 0.25) is 10.0 Å². The average Bonchev–Trinajstić information content (AvgIpc) is 2.67. The molecule has 0 saturated carbocycles. The number of halogens is 2. The van der Waals surface area contributed by atoms with Gasteiger partial charge in [0, 0.05) is 26.1 Å². The molecule has 0 radical (unpaired) electrons. The van der Waals surface area contributed by atoms with Crippen LogP contribution >= 0.6 is 23.2 Å². The van der Waals surface area contributed by atoms with E-state index in [2.05, 4.69) is 20.0 Å². The molecule has 0 saturated heterocycles. The number of hydrogen-bond acceptors (Lipinski definition) is 4. The zero-order chi connectivity index (χ0) is 19.4. The van der Waals surface area contributed by atoms with Crippen LogP contribution in [0.1, 0.15) is 16.2 Å². The average molecular weight is 400 g/mol. The van der Waals surface area contributed by atoms with Crippen LogP contribution in [0, 0.1) is 0 Å². The minimum absolute atomic E-state index is 0.0722. The molecular formula is C18H11Cl2N5O2. The maximum atomic E-state index is 11.6. The molecule has 27 heavy (non-hydrogen) atoms. The lowest BCUT2D eigenvalue weighted by Crippen LogP contribution is -2.10. The highest BCUT2D eigenvalue weighted by molar-refractivity contribution is 6.31. The molecule has 134 valence electrons. The van der Waals surface area contributed by atoms with Crippen molar-refractivity contribution in [2.45, 2.75) is 6.54 Å². The Labute approximate surface area is 163 Å². The van der Waals surface area contributed by atoms with Crippen LogP contribution in [0.15, 0.2) is 53.6 Å². The van der Waals surface area contributed by atoms with Gasteiger partial charge in [-0.15, -0.1) is 0 Å². The van der Waals surface area contributed by atoms with Crippen molar-refractivity contribution in [1.82, 2.24) is 9.97 Å². The highest BCUT2D eigenvalue weighted by Crippen LogP contribution is 2.31. The highest BCUT2D eigenvalue weighted by Gasteiger charge is 2.20. The van der Waals surface area contributed by atoms with Crippen molar-refractivity contribution in [3.8, 4) is 22.5 Å². The summed E-state index contributed by atoms with van der Waals surface area (Å²) in [6.07, 6.45) is 0. The summed E-state index contributed by atoms with van der Waals surface area (Å²) < 4.78 is 0. The van der Waals surface area contributed by atoms with Crippen LogP contribution in [-0.4, -0.2) is 21.0 Å². The van der Waals surface area contributed by atoms with Gasteiger partial charge in [-0.1, -0.05) is 52.6 Å². The zero-order valence-electron chi connectivity index (χ0n) is 13.7. The topological polar surface area (TPSA) is 112 Å². The number of hydrogen-bond donors (Lipinski definition) is 1. The van der Waals surface area contributed by atoms with Crippen molar-refractivity contribution < 1.29 is 9.90 Å². The van der Waals surface area contributed by atoms with Gasteiger partial charge in [-0.2, -0.15) is 0 Å². The molecule has 1 heterocycles. The van der Waals surface area contributed by atoms with Gasteiger partial charge in [-0.3, -0.25) is 0 Å². The number of aromatic carboxylic acids is 1. The summed E-state index contributed by atoms with van der Waals surface area (Å²) in [6.45, 7) is -0.230. The standard InChI is InChI=1S/C18H11Cl2N5O2/c19-12-5-1-10(2-6-12)15-16(11-3-7-13(20)8-4-11)24-17(18(26)27)14(23-15)9-22-25-21/h1-8H,9H2,(H,26,27). The van der Waals surface area contributed by atoms with E-state index in [1.54, 1.807) is 48.5 Å². The smallest absolute Gasteiger partial charge is 0.356 e. The number of carboxylic acids is 1. The Morgan fingerprint density at radius 2 is 1.44 bits per heavy atom. The first-order valence-corrected chi connectivity index (χ1v) is 8.42. The summed E-state index contributed by atoms with van der Waals surface area (Å²) in [5, 5.41) is 14.0. The van der Waals surface area contributed by atoms with Crippen molar-refractivity contribution in [1.29, 1.82) is 0 Å². The third-order valence-electron chi connectivity index (χ3n) is 3.69. The number of nitrogens with zero attached hydrogens (tertiary/aromatic N) is 5. The molecule has 0 fully saturated rings. The lowest BCUT2D eigenvalue weighted by atomic mass is 10.0. The lowest BCUT2D eigenvalue weighted by Gasteiger charge is -2.13. The van der Waals surface area contributed by atoms with Crippen molar-refractivity contribution in [2.75, 3.05) is 0 Å². The maximum Gasteiger partial charge on any atom is 0.356 e. The number of carboxylic acid groups (broad SMARTS) is 1. The molecule has 0 aliphatic heterocycles. The Bertz CT molecular complexity index is 1050. The summed E-state index contributed by atoms with van der Waals surface area (Å²) in [4.78, 5) is 23.1. The first-order valence-electron chi connectivity index (χ1n) is 7.66. The van der Waals surface area contributed by atoms with E-state index in [9.17, 15) is 9.90 Å². The number of benzene rings is 2. The first-order chi connectivity index (χ1) is 13.0. The van der Waals surface area contributed by atoms with E-state index in [4.69, 9.17) is 28.7 Å². The van der Waals surface area contributed by atoms with Gasteiger partial charge in [0.2, 0.25) is 0 Å². The SMILES string of the molecule is [N-]=[N+]=NCc1nc(-c2ccc(Cl)cc2)c(-c2ccc(Cl)cc2)nc1C(=O)O. The van der Waals surface area contributed by atoms with E-state index in [0.717, 1.165) is 0 Å². The maximum absolute atomic E-state index is 11.6. The predicted octanol–water partition coefficient (Wildman–Crippen LogP) is 5.63. The normalized spacial score (nSPS) is 10.3. The van der Waals surface area contributed by atoms with Crippen LogP contribution in [0.3, 0.4) is 0 Å². The van der Waals surface area contributed by atoms with E-state index in [-0.39, 0.29) is 17.9 Å². The summed E-state index contributed by atoms with van der Waals surface area (Å²) >= 11 is 11.9. The second kappa shape index (κ2) is 8.05. The molecule has 1 aromatic heterocycles.